The highest BCUT2D eigenvalue weighted by atomic mass is 16.5. The summed E-state index contributed by atoms with van der Waals surface area (Å²) in [6.07, 6.45) is 0.838. The normalized spacial score (nSPS) is 19.9. The second-order valence-corrected chi connectivity index (χ2v) is 6.61. The lowest BCUT2D eigenvalue weighted by Crippen LogP contribution is -2.48. The zero-order valence-corrected chi connectivity index (χ0v) is 14.2. The first-order valence-corrected chi connectivity index (χ1v) is 8.46. The quantitative estimate of drug-likeness (QED) is 0.870. The molecule has 134 valence electrons. The summed E-state index contributed by atoms with van der Waals surface area (Å²) < 4.78 is 5.68. The van der Waals surface area contributed by atoms with E-state index >= 15 is 0 Å². The highest BCUT2D eigenvalue weighted by Crippen LogP contribution is 2.28. The molecule has 7 nitrogen and oxygen atoms in total. The Morgan fingerprint density at radius 1 is 1.24 bits per heavy atom. The Bertz CT molecular complexity index is 657. The number of likely N-dealkylation sites (tertiary alicyclic amines) is 1. The number of rotatable bonds is 4. The van der Waals surface area contributed by atoms with Crippen molar-refractivity contribution in [2.75, 3.05) is 26.7 Å². The lowest BCUT2D eigenvalue weighted by atomic mass is 9.97. The van der Waals surface area contributed by atoms with Crippen molar-refractivity contribution in [3.63, 3.8) is 0 Å². The van der Waals surface area contributed by atoms with E-state index in [2.05, 4.69) is 0 Å². The minimum atomic E-state index is -0.808. The first-order valence-electron chi connectivity index (χ1n) is 8.46. The van der Waals surface area contributed by atoms with E-state index in [0.29, 0.717) is 32.4 Å². The number of amides is 2. The van der Waals surface area contributed by atoms with Crippen LogP contribution in [0.2, 0.25) is 0 Å². The van der Waals surface area contributed by atoms with Crippen LogP contribution in [0.25, 0.3) is 0 Å². The van der Waals surface area contributed by atoms with Gasteiger partial charge < -0.3 is 19.6 Å². The Kier molecular flexibility index (Phi) is 4.92. The van der Waals surface area contributed by atoms with E-state index in [1.807, 2.05) is 24.3 Å². The van der Waals surface area contributed by atoms with Gasteiger partial charge in [-0.2, -0.15) is 0 Å². The van der Waals surface area contributed by atoms with Crippen molar-refractivity contribution in [2.24, 2.45) is 5.92 Å². The van der Waals surface area contributed by atoms with Crippen LogP contribution >= 0.6 is 0 Å². The largest absolute Gasteiger partial charge is 0.481 e. The van der Waals surface area contributed by atoms with E-state index in [9.17, 15) is 14.4 Å². The maximum atomic E-state index is 12.5. The maximum Gasteiger partial charge on any atom is 0.306 e. The molecule has 3 rings (SSSR count). The number of hydrogen-bond donors (Lipinski definition) is 1. The van der Waals surface area contributed by atoms with Crippen molar-refractivity contribution in [3.05, 3.63) is 29.8 Å². The molecular formula is C18H22N2O5. The van der Waals surface area contributed by atoms with Crippen LogP contribution < -0.4 is 4.74 Å². The van der Waals surface area contributed by atoms with E-state index in [0.717, 1.165) is 11.3 Å². The van der Waals surface area contributed by atoms with Crippen LogP contribution in [0.4, 0.5) is 0 Å². The SMILES string of the molecule is CN(CC(=O)N1CCC(C(=O)O)CC1)C(=O)C1Cc2ccccc2O1. The maximum absolute atomic E-state index is 12.5. The van der Waals surface area contributed by atoms with Gasteiger partial charge in [0.05, 0.1) is 12.5 Å². The minimum Gasteiger partial charge on any atom is -0.481 e. The van der Waals surface area contributed by atoms with Crippen molar-refractivity contribution in [1.29, 1.82) is 0 Å². The van der Waals surface area contributed by atoms with Crippen LogP contribution in [-0.2, 0) is 20.8 Å². The topological polar surface area (TPSA) is 87.2 Å². The van der Waals surface area contributed by atoms with Crippen LogP contribution in [0.5, 0.6) is 5.75 Å². The third-order valence-corrected chi connectivity index (χ3v) is 4.87. The number of aliphatic carboxylic acids is 1. The lowest BCUT2D eigenvalue weighted by molar-refractivity contribution is -0.147. The highest BCUT2D eigenvalue weighted by Gasteiger charge is 2.33. The van der Waals surface area contributed by atoms with Crippen LogP contribution in [0.3, 0.4) is 0 Å². The molecule has 1 atom stereocenters. The van der Waals surface area contributed by atoms with Gasteiger partial charge in [-0.3, -0.25) is 14.4 Å². The number of para-hydroxylation sites is 1. The molecule has 2 amide bonds. The summed E-state index contributed by atoms with van der Waals surface area (Å²) in [6.45, 7) is 0.819. The molecule has 7 heteroatoms. The zero-order chi connectivity index (χ0) is 18.0. The predicted molar refractivity (Wildman–Crippen MR) is 89.1 cm³/mol. The van der Waals surface area contributed by atoms with Gasteiger partial charge in [0.15, 0.2) is 6.10 Å². The van der Waals surface area contributed by atoms with Gasteiger partial charge in [-0.1, -0.05) is 18.2 Å². The standard InChI is InChI=1S/C18H22N2O5/c1-19(11-16(21)20-8-6-12(7-9-20)18(23)24)17(22)15-10-13-4-2-3-5-14(13)25-15/h2-5,12,15H,6-11H2,1H3,(H,23,24). The molecule has 1 N–H and O–H groups in total. The Balaban J connectivity index is 1.51. The van der Waals surface area contributed by atoms with Gasteiger partial charge >= 0.3 is 5.97 Å². The molecule has 2 aliphatic heterocycles. The monoisotopic (exact) mass is 346 g/mol. The molecule has 0 aliphatic carbocycles. The molecule has 1 unspecified atom stereocenters. The van der Waals surface area contributed by atoms with Gasteiger partial charge in [0.2, 0.25) is 5.91 Å². The molecular weight excluding hydrogens is 324 g/mol. The molecule has 0 bridgehead atoms. The van der Waals surface area contributed by atoms with Crippen LogP contribution in [-0.4, -0.2) is 65.5 Å². The van der Waals surface area contributed by atoms with Gasteiger partial charge in [0.1, 0.15) is 5.75 Å². The fraction of sp³-hybridized carbons (Fsp3) is 0.500. The third kappa shape index (κ3) is 3.75. The average molecular weight is 346 g/mol. The number of piperidine rings is 1. The third-order valence-electron chi connectivity index (χ3n) is 4.87. The molecule has 2 heterocycles. The molecule has 25 heavy (non-hydrogen) atoms. The summed E-state index contributed by atoms with van der Waals surface area (Å²) in [7, 11) is 1.59. The van der Waals surface area contributed by atoms with Crippen molar-refractivity contribution in [3.8, 4) is 5.75 Å². The smallest absolute Gasteiger partial charge is 0.306 e. The number of nitrogens with zero attached hydrogens (tertiary/aromatic N) is 2. The molecule has 2 aliphatic rings. The summed E-state index contributed by atoms with van der Waals surface area (Å²) in [5, 5.41) is 9.01. The molecule has 0 radical (unpaired) electrons. The van der Waals surface area contributed by atoms with Crippen LogP contribution in [0, 0.1) is 5.92 Å². The second-order valence-electron chi connectivity index (χ2n) is 6.61. The number of hydrogen-bond acceptors (Lipinski definition) is 4. The van der Waals surface area contributed by atoms with E-state index < -0.39 is 12.1 Å². The molecule has 1 fully saturated rings. The van der Waals surface area contributed by atoms with Gasteiger partial charge in [-0.05, 0) is 24.5 Å². The summed E-state index contributed by atoms with van der Waals surface area (Å²) in [6, 6.07) is 7.53. The Hall–Kier alpha value is -2.57. The average Bonchev–Trinajstić information content (AvgIpc) is 3.05. The molecule has 0 aromatic heterocycles. The summed E-state index contributed by atoms with van der Waals surface area (Å²) >= 11 is 0. The molecule has 1 aromatic rings. The number of fused-ring (bicyclic) bond motifs is 1. The number of carboxylic acid groups (broad SMARTS) is 1. The number of ether oxygens (including phenoxy) is 1. The molecule has 0 spiro atoms. The summed E-state index contributed by atoms with van der Waals surface area (Å²) in [5.74, 6) is -0.845. The first-order chi connectivity index (χ1) is 12.0. The Labute approximate surface area is 146 Å². The number of carbonyl (C=O) groups is 3. The van der Waals surface area contributed by atoms with Gasteiger partial charge in [-0.25, -0.2) is 0 Å². The fourth-order valence-corrected chi connectivity index (χ4v) is 3.32. The summed E-state index contributed by atoms with van der Waals surface area (Å²) in [4.78, 5) is 38.9. The first kappa shape index (κ1) is 17.3. The Morgan fingerprint density at radius 3 is 2.56 bits per heavy atom. The van der Waals surface area contributed by atoms with Gasteiger partial charge in [-0.15, -0.1) is 0 Å². The van der Waals surface area contributed by atoms with Gasteiger partial charge in [0.25, 0.3) is 5.91 Å². The molecule has 0 saturated carbocycles. The van der Waals surface area contributed by atoms with Crippen molar-refractivity contribution in [2.45, 2.75) is 25.4 Å². The number of likely N-dealkylation sites (N-methyl/N-ethyl adjacent to an activating group) is 1. The second kappa shape index (κ2) is 7.13. The van der Waals surface area contributed by atoms with E-state index in [-0.39, 0.29) is 24.3 Å². The van der Waals surface area contributed by atoms with E-state index in [1.165, 1.54) is 4.90 Å². The predicted octanol–water partition coefficient (Wildman–Crippen LogP) is 0.772. The minimum absolute atomic E-state index is 0.0211. The van der Waals surface area contributed by atoms with E-state index in [1.54, 1.807) is 11.9 Å². The van der Waals surface area contributed by atoms with Crippen molar-refractivity contribution in [1.82, 2.24) is 9.80 Å². The summed E-state index contributed by atoms with van der Waals surface area (Å²) in [5.41, 5.74) is 0.997. The van der Waals surface area contributed by atoms with Crippen LogP contribution in [0.15, 0.2) is 24.3 Å². The van der Waals surface area contributed by atoms with Crippen molar-refractivity contribution < 1.29 is 24.2 Å². The molecule has 1 saturated heterocycles. The van der Waals surface area contributed by atoms with Crippen molar-refractivity contribution >= 4 is 17.8 Å². The zero-order valence-electron chi connectivity index (χ0n) is 14.2. The lowest BCUT2D eigenvalue weighted by Gasteiger charge is -2.31. The van der Waals surface area contributed by atoms with E-state index in [4.69, 9.17) is 9.84 Å². The Morgan fingerprint density at radius 2 is 1.92 bits per heavy atom. The number of benzene rings is 1. The van der Waals surface area contributed by atoms with Gasteiger partial charge in [0, 0.05) is 26.6 Å². The number of carbonyl (C=O) groups excluding carboxylic acids is 2. The fourth-order valence-electron chi connectivity index (χ4n) is 3.32. The molecule has 1 aromatic carbocycles. The van der Waals surface area contributed by atoms with Crippen LogP contribution in [0.1, 0.15) is 18.4 Å². The highest BCUT2D eigenvalue weighted by molar-refractivity contribution is 5.88. The number of carboxylic acids is 1.